The molecule has 1 aliphatic rings. The fraction of sp³-hybridized carbons (Fsp3) is 0.444. The largest absolute Gasteiger partial charge is 0.573 e. The molecule has 0 unspecified atom stereocenters. The molecule has 2 aromatic rings. The summed E-state index contributed by atoms with van der Waals surface area (Å²) in [6.07, 6.45) is -4.99. The molecule has 0 atom stereocenters. The van der Waals surface area contributed by atoms with Gasteiger partial charge in [0.15, 0.2) is 0 Å². The molecular weight excluding hydrogens is 423 g/mol. The number of alkyl halides is 3. The number of benzene rings is 1. The lowest BCUT2D eigenvalue weighted by atomic mass is 10.3. The van der Waals surface area contributed by atoms with E-state index in [1.165, 1.54) is 12.1 Å². The van der Waals surface area contributed by atoms with Crippen molar-refractivity contribution in [1.29, 1.82) is 0 Å². The molecule has 30 heavy (non-hydrogen) atoms. The van der Waals surface area contributed by atoms with Gasteiger partial charge in [-0.3, -0.25) is 0 Å². The average molecular weight is 445 g/mol. The van der Waals surface area contributed by atoms with E-state index in [0.717, 1.165) is 16.4 Å². The van der Waals surface area contributed by atoms with Crippen molar-refractivity contribution in [3.8, 4) is 5.75 Å². The molecule has 1 aromatic heterocycles. The number of nitrogens with zero attached hydrogens (tertiary/aromatic N) is 4. The Morgan fingerprint density at radius 2 is 1.80 bits per heavy atom. The van der Waals surface area contributed by atoms with E-state index in [4.69, 9.17) is 0 Å². The minimum atomic E-state index is -4.99. The molecule has 1 saturated heterocycles. The summed E-state index contributed by atoms with van der Waals surface area (Å²) in [7, 11) is -4.16. The molecule has 164 valence electrons. The topological polar surface area (TPSA) is 87.7 Å². The summed E-state index contributed by atoms with van der Waals surface area (Å²) < 4.78 is 68.9. The van der Waals surface area contributed by atoms with Gasteiger partial charge < -0.3 is 15.0 Å². The Labute approximate surface area is 172 Å². The highest BCUT2D eigenvalue weighted by molar-refractivity contribution is 7.89. The second-order valence-electron chi connectivity index (χ2n) is 6.57. The van der Waals surface area contributed by atoms with Crippen LogP contribution < -0.4 is 15.0 Å². The van der Waals surface area contributed by atoms with Gasteiger partial charge in [-0.25, -0.2) is 18.4 Å². The number of anilines is 2. The van der Waals surface area contributed by atoms with E-state index in [0.29, 0.717) is 37.1 Å². The third-order valence-electron chi connectivity index (χ3n) is 4.44. The smallest absolute Gasteiger partial charge is 0.404 e. The molecule has 2 heterocycles. The van der Waals surface area contributed by atoms with E-state index in [9.17, 15) is 21.6 Å². The first-order chi connectivity index (χ1) is 14.1. The summed E-state index contributed by atoms with van der Waals surface area (Å²) in [5.74, 6) is 1.18. The number of hydrogen-bond acceptors (Lipinski definition) is 7. The van der Waals surface area contributed by atoms with Gasteiger partial charge in [0.05, 0.1) is 0 Å². The molecule has 0 radical (unpaired) electrons. The summed E-state index contributed by atoms with van der Waals surface area (Å²) in [6.45, 7) is 5.28. The predicted octanol–water partition coefficient (Wildman–Crippen LogP) is 2.63. The molecule has 0 aliphatic carbocycles. The van der Waals surface area contributed by atoms with Gasteiger partial charge in [-0.1, -0.05) is 12.1 Å². The lowest BCUT2D eigenvalue weighted by Crippen LogP contribution is -2.49. The summed E-state index contributed by atoms with van der Waals surface area (Å²) in [4.78, 5) is 10.1. The minimum absolute atomic E-state index is 0.0995. The number of rotatable bonds is 6. The molecule has 0 amide bonds. The van der Waals surface area contributed by atoms with E-state index in [1.54, 1.807) is 13.0 Å². The van der Waals surface area contributed by atoms with Crippen LogP contribution in [-0.4, -0.2) is 61.8 Å². The van der Waals surface area contributed by atoms with Crippen molar-refractivity contribution in [2.75, 3.05) is 42.9 Å². The van der Waals surface area contributed by atoms with Crippen LogP contribution in [0.25, 0.3) is 0 Å². The van der Waals surface area contributed by atoms with Gasteiger partial charge in [-0.15, -0.1) is 13.2 Å². The van der Waals surface area contributed by atoms with Crippen LogP contribution in [0.4, 0.5) is 24.8 Å². The zero-order valence-electron chi connectivity index (χ0n) is 16.5. The number of aryl methyl sites for hydroxylation is 1. The first-order valence-electron chi connectivity index (χ1n) is 9.29. The summed E-state index contributed by atoms with van der Waals surface area (Å²) in [5, 5.41) is 3.12. The maximum Gasteiger partial charge on any atom is 0.573 e. The number of para-hydroxylation sites is 1. The van der Waals surface area contributed by atoms with Crippen LogP contribution in [0.3, 0.4) is 0 Å². The van der Waals surface area contributed by atoms with Crippen LogP contribution in [0.5, 0.6) is 5.75 Å². The van der Waals surface area contributed by atoms with Crippen LogP contribution in [0.2, 0.25) is 0 Å². The van der Waals surface area contributed by atoms with E-state index in [1.807, 2.05) is 11.8 Å². The number of piperazine rings is 1. The van der Waals surface area contributed by atoms with Crippen LogP contribution in [0.1, 0.15) is 12.7 Å². The highest BCUT2D eigenvalue weighted by Gasteiger charge is 2.36. The molecule has 1 N–H and O–H groups in total. The molecule has 1 fully saturated rings. The van der Waals surface area contributed by atoms with Crippen molar-refractivity contribution in [3.05, 3.63) is 36.2 Å². The molecule has 12 heteroatoms. The minimum Gasteiger partial charge on any atom is -0.404 e. The van der Waals surface area contributed by atoms with Crippen molar-refractivity contribution in [3.63, 3.8) is 0 Å². The number of sulfonamides is 1. The lowest BCUT2D eigenvalue weighted by molar-refractivity contribution is -0.275. The monoisotopic (exact) mass is 445 g/mol. The second kappa shape index (κ2) is 8.64. The SMILES string of the molecule is CCNc1cc(N2CCN(S(=O)(=O)c3ccccc3OC(F)(F)F)CC2)nc(C)n1. The van der Waals surface area contributed by atoms with Crippen LogP contribution in [-0.2, 0) is 10.0 Å². The van der Waals surface area contributed by atoms with Gasteiger partial charge in [0, 0.05) is 38.8 Å². The number of nitrogens with one attached hydrogen (secondary N) is 1. The molecule has 0 spiro atoms. The molecule has 3 rings (SSSR count). The Kier molecular flexibility index (Phi) is 6.36. The third kappa shape index (κ3) is 5.11. The highest BCUT2D eigenvalue weighted by Crippen LogP contribution is 2.32. The Morgan fingerprint density at radius 1 is 1.13 bits per heavy atom. The average Bonchev–Trinajstić information content (AvgIpc) is 2.67. The standard InChI is InChI=1S/C18H22F3N5O3S/c1-3-22-16-12-17(24-13(2)23-16)25-8-10-26(11-9-25)30(27,28)15-7-5-4-6-14(15)29-18(19,20)21/h4-7,12H,3,8-11H2,1-2H3,(H,22,23,24). The summed E-state index contributed by atoms with van der Waals surface area (Å²) in [6, 6.07) is 6.53. The van der Waals surface area contributed by atoms with Gasteiger partial charge in [-0.2, -0.15) is 4.31 Å². The van der Waals surface area contributed by atoms with Crippen molar-refractivity contribution in [2.45, 2.75) is 25.1 Å². The first-order valence-corrected chi connectivity index (χ1v) is 10.7. The summed E-state index contributed by atoms with van der Waals surface area (Å²) in [5.41, 5.74) is 0. The molecular formula is C18H22F3N5O3S. The highest BCUT2D eigenvalue weighted by atomic mass is 32.2. The van der Waals surface area contributed by atoms with Crippen molar-refractivity contribution in [2.24, 2.45) is 0 Å². The van der Waals surface area contributed by atoms with E-state index < -0.39 is 27.0 Å². The molecule has 1 aliphatic heterocycles. The Balaban J connectivity index is 1.77. The number of ether oxygens (including phenoxy) is 1. The number of aromatic nitrogens is 2. The van der Waals surface area contributed by atoms with Crippen LogP contribution in [0, 0.1) is 6.92 Å². The van der Waals surface area contributed by atoms with E-state index in [-0.39, 0.29) is 13.1 Å². The van der Waals surface area contributed by atoms with Gasteiger partial charge in [0.25, 0.3) is 0 Å². The quantitative estimate of drug-likeness (QED) is 0.731. The van der Waals surface area contributed by atoms with Crippen LogP contribution >= 0.6 is 0 Å². The van der Waals surface area contributed by atoms with Crippen molar-refractivity contribution in [1.82, 2.24) is 14.3 Å². The number of halogens is 3. The van der Waals surface area contributed by atoms with Gasteiger partial charge >= 0.3 is 6.36 Å². The Morgan fingerprint density at radius 3 is 2.43 bits per heavy atom. The van der Waals surface area contributed by atoms with Gasteiger partial charge in [0.2, 0.25) is 10.0 Å². The zero-order chi connectivity index (χ0) is 21.9. The lowest BCUT2D eigenvalue weighted by Gasteiger charge is -2.35. The fourth-order valence-corrected chi connectivity index (χ4v) is 4.69. The normalized spacial score (nSPS) is 15.8. The summed E-state index contributed by atoms with van der Waals surface area (Å²) >= 11 is 0. The van der Waals surface area contributed by atoms with E-state index in [2.05, 4.69) is 20.0 Å². The maximum absolute atomic E-state index is 13.0. The predicted molar refractivity (Wildman–Crippen MR) is 105 cm³/mol. The molecule has 0 saturated carbocycles. The maximum atomic E-state index is 13.0. The molecule has 1 aromatic carbocycles. The van der Waals surface area contributed by atoms with Crippen molar-refractivity contribution >= 4 is 21.7 Å². The second-order valence-corrected chi connectivity index (χ2v) is 8.48. The first kappa shape index (κ1) is 22.1. The fourth-order valence-electron chi connectivity index (χ4n) is 3.15. The molecule has 0 bridgehead atoms. The van der Waals surface area contributed by atoms with Crippen molar-refractivity contribution < 1.29 is 26.3 Å². The zero-order valence-corrected chi connectivity index (χ0v) is 17.3. The number of hydrogen-bond donors (Lipinski definition) is 1. The van der Waals surface area contributed by atoms with Gasteiger partial charge in [0.1, 0.15) is 28.1 Å². The van der Waals surface area contributed by atoms with Gasteiger partial charge in [-0.05, 0) is 26.0 Å². The molecule has 8 nitrogen and oxygen atoms in total. The Bertz CT molecular complexity index is 993. The Hall–Kier alpha value is -2.60. The van der Waals surface area contributed by atoms with Crippen LogP contribution in [0.15, 0.2) is 35.2 Å². The third-order valence-corrected chi connectivity index (χ3v) is 6.38. The van der Waals surface area contributed by atoms with E-state index >= 15 is 0 Å².